The smallest absolute Gasteiger partial charge is 0.268 e. The van der Waals surface area contributed by atoms with Gasteiger partial charge < -0.3 is 4.42 Å². The maximum absolute atomic E-state index is 10.7. The van der Waals surface area contributed by atoms with E-state index >= 15 is 0 Å². The van der Waals surface area contributed by atoms with Crippen molar-refractivity contribution in [2.75, 3.05) is 0 Å². The molecule has 0 amide bonds. The van der Waals surface area contributed by atoms with Crippen LogP contribution in [0.4, 0.5) is 0 Å². The highest BCUT2D eigenvalue weighted by Gasteiger charge is 2.30. The maximum atomic E-state index is 10.7. The lowest BCUT2D eigenvalue weighted by Crippen LogP contribution is -2.25. The molecule has 1 aromatic rings. The third kappa shape index (κ3) is 4.07. The van der Waals surface area contributed by atoms with Crippen LogP contribution in [0.2, 0.25) is 0 Å². The number of nitrogens with zero attached hydrogens (tertiary/aromatic N) is 3. The Bertz CT molecular complexity index is 505. The minimum absolute atomic E-state index is 0.0841. The molecule has 1 aromatic heterocycles. The van der Waals surface area contributed by atoms with E-state index in [1.54, 1.807) is 6.08 Å². The van der Waals surface area contributed by atoms with Crippen LogP contribution in [0.15, 0.2) is 10.5 Å². The Hall–Kier alpha value is -0.850. The van der Waals surface area contributed by atoms with Crippen molar-refractivity contribution in [3.05, 3.63) is 28.0 Å². The summed E-state index contributed by atoms with van der Waals surface area (Å²) in [7, 11) is 0. The first-order valence-corrected chi connectivity index (χ1v) is 7.22. The molecular formula is C11H12Cl3N3O3. The first kappa shape index (κ1) is 15.5. The highest BCUT2D eigenvalue weighted by Crippen LogP contribution is 2.37. The fourth-order valence-corrected chi connectivity index (χ4v) is 2.37. The van der Waals surface area contributed by atoms with Crippen molar-refractivity contribution in [1.29, 1.82) is 0 Å². The molecule has 1 saturated carbocycles. The van der Waals surface area contributed by atoms with Crippen molar-refractivity contribution in [1.82, 2.24) is 10.2 Å². The number of allylic oxidation sites excluding steroid dienone is 1. The van der Waals surface area contributed by atoms with Crippen LogP contribution in [0.3, 0.4) is 0 Å². The zero-order chi connectivity index (χ0) is 14.8. The molecule has 0 radical (unpaired) electrons. The van der Waals surface area contributed by atoms with Gasteiger partial charge in [0.25, 0.3) is 9.68 Å². The normalized spacial score (nSPS) is 24.1. The molecule has 0 N–H and O–H groups in total. The molecule has 1 heterocycles. The predicted octanol–water partition coefficient (Wildman–Crippen LogP) is 3.75. The second-order valence-corrected chi connectivity index (χ2v) is 6.94. The van der Waals surface area contributed by atoms with Gasteiger partial charge >= 0.3 is 0 Å². The van der Waals surface area contributed by atoms with E-state index in [1.165, 1.54) is 0 Å². The largest absolute Gasteiger partial charge is 0.417 e. The van der Waals surface area contributed by atoms with Crippen molar-refractivity contribution in [3.63, 3.8) is 0 Å². The monoisotopic (exact) mass is 339 g/mol. The van der Waals surface area contributed by atoms with E-state index in [4.69, 9.17) is 39.2 Å². The van der Waals surface area contributed by atoms with E-state index in [-0.39, 0.29) is 22.6 Å². The van der Waals surface area contributed by atoms with Crippen molar-refractivity contribution >= 4 is 40.9 Å². The summed E-state index contributed by atoms with van der Waals surface area (Å²) in [6.45, 7) is 0. The van der Waals surface area contributed by atoms with Crippen molar-refractivity contribution < 1.29 is 9.34 Å². The topological polar surface area (TPSA) is 82.1 Å². The lowest BCUT2D eigenvalue weighted by molar-refractivity contribution is -0.526. The molecule has 9 heteroatoms. The summed E-state index contributed by atoms with van der Waals surface area (Å²) in [6, 6.07) is -0.418. The molecule has 20 heavy (non-hydrogen) atoms. The number of hydrogen-bond acceptors (Lipinski definition) is 5. The summed E-state index contributed by atoms with van der Waals surface area (Å²) in [5.41, 5.74) is 0. The molecule has 1 aliphatic rings. The molecule has 0 unspecified atom stereocenters. The molecule has 6 nitrogen and oxygen atoms in total. The Morgan fingerprint density at radius 3 is 2.40 bits per heavy atom. The Kier molecular flexibility index (Phi) is 4.88. The van der Waals surface area contributed by atoms with Gasteiger partial charge in [0.05, 0.1) is 0 Å². The molecule has 0 spiro atoms. The minimum atomic E-state index is -1.73. The van der Waals surface area contributed by atoms with Gasteiger partial charge in [-0.1, -0.05) is 40.9 Å². The highest BCUT2D eigenvalue weighted by atomic mass is 35.6. The van der Waals surface area contributed by atoms with Crippen LogP contribution < -0.4 is 0 Å². The van der Waals surface area contributed by atoms with E-state index in [0.717, 1.165) is 12.8 Å². The van der Waals surface area contributed by atoms with Gasteiger partial charge in [-0.05, 0) is 24.8 Å². The summed E-state index contributed by atoms with van der Waals surface area (Å²) in [5, 5.41) is 18.0. The average Bonchev–Trinajstić information content (AvgIpc) is 2.85. The number of halogens is 3. The first-order chi connectivity index (χ1) is 9.36. The summed E-state index contributed by atoms with van der Waals surface area (Å²) < 4.78 is 3.45. The Balaban J connectivity index is 1.91. The first-order valence-electron chi connectivity index (χ1n) is 6.08. The van der Waals surface area contributed by atoms with Crippen molar-refractivity contribution in [2.24, 2.45) is 5.92 Å². The molecule has 1 aliphatic carbocycles. The Morgan fingerprint density at radius 2 is 1.90 bits per heavy atom. The number of hydrogen-bond donors (Lipinski definition) is 0. The summed E-state index contributed by atoms with van der Waals surface area (Å²) in [4.78, 5) is 10.5. The van der Waals surface area contributed by atoms with Crippen LogP contribution in [-0.2, 0) is 3.79 Å². The second-order valence-electron chi connectivity index (χ2n) is 4.66. The van der Waals surface area contributed by atoms with Gasteiger partial charge in [-0.3, -0.25) is 10.1 Å². The third-order valence-corrected chi connectivity index (χ3v) is 3.72. The Morgan fingerprint density at radius 1 is 1.25 bits per heavy atom. The number of nitro groups is 1. The predicted molar refractivity (Wildman–Crippen MR) is 75.3 cm³/mol. The molecular weight excluding hydrogens is 328 g/mol. The van der Waals surface area contributed by atoms with Crippen molar-refractivity contribution in [3.8, 4) is 0 Å². The fraction of sp³-hybridized carbons (Fsp3) is 0.636. The SMILES string of the molecule is O=[N+]([O-])C1CCC(C=Cc2nnc(C(Cl)(Cl)Cl)o2)CC1. The van der Waals surface area contributed by atoms with E-state index in [1.807, 2.05) is 6.08 Å². The van der Waals surface area contributed by atoms with E-state index in [0.29, 0.717) is 12.8 Å². The molecule has 0 bridgehead atoms. The van der Waals surface area contributed by atoms with Crippen LogP contribution in [0.5, 0.6) is 0 Å². The van der Waals surface area contributed by atoms with Crippen LogP contribution in [0.1, 0.15) is 37.5 Å². The van der Waals surface area contributed by atoms with Crippen LogP contribution in [0, 0.1) is 16.0 Å². The van der Waals surface area contributed by atoms with Crippen LogP contribution in [-0.4, -0.2) is 21.2 Å². The third-order valence-electron chi connectivity index (χ3n) is 3.23. The van der Waals surface area contributed by atoms with Crippen molar-refractivity contribution in [2.45, 2.75) is 35.5 Å². The summed E-state index contributed by atoms with van der Waals surface area (Å²) >= 11 is 16.8. The van der Waals surface area contributed by atoms with Gasteiger partial charge in [0, 0.05) is 17.8 Å². The molecule has 0 saturated heterocycles. The molecule has 0 aliphatic heterocycles. The van der Waals surface area contributed by atoms with E-state index < -0.39 is 9.83 Å². The number of aromatic nitrogens is 2. The molecule has 0 atom stereocenters. The zero-order valence-corrected chi connectivity index (χ0v) is 12.6. The molecule has 110 valence electrons. The maximum Gasteiger partial charge on any atom is 0.268 e. The lowest BCUT2D eigenvalue weighted by Gasteiger charge is -2.20. The van der Waals surface area contributed by atoms with Gasteiger partial charge in [-0.2, -0.15) is 0 Å². The van der Waals surface area contributed by atoms with Gasteiger partial charge in [0.1, 0.15) is 0 Å². The quantitative estimate of drug-likeness (QED) is 0.475. The lowest BCUT2D eigenvalue weighted by atomic mass is 9.86. The van der Waals surface area contributed by atoms with E-state index in [9.17, 15) is 10.1 Å². The minimum Gasteiger partial charge on any atom is -0.417 e. The average molecular weight is 341 g/mol. The fourth-order valence-electron chi connectivity index (χ4n) is 2.14. The van der Waals surface area contributed by atoms with Crippen LogP contribution >= 0.6 is 34.8 Å². The molecule has 1 fully saturated rings. The van der Waals surface area contributed by atoms with E-state index in [2.05, 4.69) is 10.2 Å². The summed E-state index contributed by atoms with van der Waals surface area (Å²) in [6.07, 6.45) is 6.29. The van der Waals surface area contributed by atoms with Crippen LogP contribution in [0.25, 0.3) is 6.08 Å². The summed E-state index contributed by atoms with van der Waals surface area (Å²) in [5.74, 6) is 0.441. The number of rotatable bonds is 3. The second kappa shape index (κ2) is 6.28. The van der Waals surface area contributed by atoms with Gasteiger partial charge in [-0.25, -0.2) is 0 Å². The van der Waals surface area contributed by atoms with Gasteiger partial charge in [0.2, 0.25) is 11.9 Å². The van der Waals surface area contributed by atoms with Gasteiger partial charge in [-0.15, -0.1) is 10.2 Å². The standard InChI is InChI=1S/C11H12Cl3N3O3/c12-11(13,14)10-16-15-9(20-10)6-3-7-1-4-8(5-2-7)17(18)19/h3,6-8H,1-2,4-5H2. The molecule has 0 aromatic carbocycles. The zero-order valence-electron chi connectivity index (χ0n) is 10.3. The van der Waals surface area contributed by atoms with Gasteiger partial charge in [0.15, 0.2) is 0 Å². The Labute approximate surface area is 130 Å². The highest BCUT2D eigenvalue weighted by molar-refractivity contribution is 6.66. The number of alkyl halides is 3. The molecule has 2 rings (SSSR count).